The number of benzene rings is 1. The van der Waals surface area contributed by atoms with Gasteiger partial charge in [-0.05, 0) is 30.3 Å². The number of alkyl halides is 3. The number of nitrogens with zero attached hydrogens (tertiary/aromatic N) is 3. The molecule has 0 spiro atoms. The van der Waals surface area contributed by atoms with Gasteiger partial charge in [-0.1, -0.05) is 25.3 Å². The van der Waals surface area contributed by atoms with Crippen LogP contribution in [0.15, 0.2) is 79.1 Å². The number of carbonyl (C=O) groups is 1. The minimum atomic E-state index is -4.73. The van der Waals surface area contributed by atoms with Crippen LogP contribution >= 0.6 is 0 Å². The largest absolute Gasteiger partial charge is 0.450 e. The number of anilines is 1. The second kappa shape index (κ2) is 7.90. The summed E-state index contributed by atoms with van der Waals surface area (Å²) < 4.78 is 67.4. The van der Waals surface area contributed by atoms with E-state index in [1.165, 1.54) is 24.3 Å². The Labute approximate surface area is 166 Å². The molecule has 5 nitrogen and oxygen atoms in total. The maximum absolute atomic E-state index is 13.4. The van der Waals surface area contributed by atoms with Crippen LogP contribution in [0, 0.1) is 0 Å². The Morgan fingerprint density at radius 3 is 2.37 bits per heavy atom. The van der Waals surface area contributed by atoms with Gasteiger partial charge in [0.05, 0.1) is 28.5 Å². The van der Waals surface area contributed by atoms with Crippen LogP contribution in [-0.4, -0.2) is 20.4 Å². The van der Waals surface area contributed by atoms with Gasteiger partial charge in [-0.3, -0.25) is 9.36 Å². The molecule has 0 unspecified atom stereocenters. The first-order valence-corrected chi connectivity index (χ1v) is 8.31. The quantitative estimate of drug-likeness (QED) is 0.348. The minimum absolute atomic E-state index is 0.0401. The average Bonchev–Trinajstić information content (AvgIpc) is 3.06. The van der Waals surface area contributed by atoms with E-state index in [0.29, 0.717) is 6.08 Å². The highest BCUT2D eigenvalue weighted by atomic mass is 19.4. The molecule has 0 saturated heterocycles. The summed E-state index contributed by atoms with van der Waals surface area (Å²) in [6, 6.07) is 8.50. The van der Waals surface area contributed by atoms with Gasteiger partial charge in [-0.15, -0.1) is 0 Å². The number of halogens is 5. The first-order valence-electron chi connectivity index (χ1n) is 8.31. The average molecular weight is 420 g/mol. The number of hydrogen-bond donors (Lipinski definition) is 1. The van der Waals surface area contributed by atoms with Gasteiger partial charge in [0, 0.05) is 0 Å². The van der Waals surface area contributed by atoms with Crippen molar-refractivity contribution in [1.82, 2.24) is 14.5 Å². The molecular weight excluding hydrogens is 407 g/mol. The molecule has 0 aliphatic heterocycles. The van der Waals surface area contributed by atoms with Crippen molar-refractivity contribution >= 4 is 22.6 Å². The zero-order chi connectivity index (χ0) is 22.1. The van der Waals surface area contributed by atoms with E-state index in [9.17, 15) is 26.7 Å². The number of fused-ring (bicyclic) bond motifs is 1. The lowest BCUT2D eigenvalue weighted by Gasteiger charge is -2.12. The third kappa shape index (κ3) is 4.27. The van der Waals surface area contributed by atoms with Crippen molar-refractivity contribution in [2.75, 3.05) is 5.32 Å². The molecular formula is C20H13F5N4O. The predicted octanol–water partition coefficient (Wildman–Crippen LogP) is 5.27. The number of allylic oxidation sites excluding steroid dienone is 2. The highest BCUT2D eigenvalue weighted by molar-refractivity contribution is 6.06. The van der Waals surface area contributed by atoms with Gasteiger partial charge in [0.15, 0.2) is 0 Å². The Balaban J connectivity index is 1.96. The number of amides is 1. The van der Waals surface area contributed by atoms with E-state index in [-0.39, 0.29) is 22.5 Å². The van der Waals surface area contributed by atoms with Crippen LogP contribution in [-0.2, 0) is 11.0 Å². The molecule has 0 fully saturated rings. The second-order valence-electron chi connectivity index (χ2n) is 6.03. The van der Waals surface area contributed by atoms with Gasteiger partial charge in [-0.2, -0.15) is 13.2 Å². The highest BCUT2D eigenvalue weighted by Crippen LogP contribution is 2.33. The van der Waals surface area contributed by atoms with Crippen molar-refractivity contribution < 1.29 is 26.7 Å². The monoisotopic (exact) mass is 420 g/mol. The van der Waals surface area contributed by atoms with Crippen LogP contribution in [0.5, 0.6) is 0 Å². The molecule has 0 saturated carbocycles. The van der Waals surface area contributed by atoms with E-state index in [2.05, 4.69) is 28.4 Å². The van der Waals surface area contributed by atoms with Crippen molar-refractivity contribution in [2.24, 2.45) is 0 Å². The number of aromatic nitrogens is 3. The van der Waals surface area contributed by atoms with Gasteiger partial charge in [0.25, 0.3) is 5.91 Å². The molecule has 1 aromatic carbocycles. The third-order valence-corrected chi connectivity index (χ3v) is 3.89. The minimum Gasteiger partial charge on any atom is -0.320 e. The molecule has 0 bridgehead atoms. The van der Waals surface area contributed by atoms with Gasteiger partial charge in [-0.25, -0.2) is 18.7 Å². The van der Waals surface area contributed by atoms with Crippen molar-refractivity contribution in [1.29, 1.82) is 0 Å². The Morgan fingerprint density at radius 2 is 1.80 bits per heavy atom. The van der Waals surface area contributed by atoms with Gasteiger partial charge >= 0.3 is 6.18 Å². The first-order chi connectivity index (χ1) is 14.1. The SMILES string of the molecule is C=C(F)/C=C(\C(=C)F)C(=O)Nc1ccc(-n2c(C(F)(F)F)nc3ccccc32)nc1. The molecule has 0 radical (unpaired) electrons. The number of pyridine rings is 1. The van der Waals surface area contributed by atoms with Crippen molar-refractivity contribution in [3.8, 4) is 5.82 Å². The lowest BCUT2D eigenvalue weighted by Crippen LogP contribution is -2.16. The fourth-order valence-electron chi connectivity index (χ4n) is 2.66. The van der Waals surface area contributed by atoms with E-state index >= 15 is 0 Å². The molecule has 30 heavy (non-hydrogen) atoms. The topological polar surface area (TPSA) is 59.8 Å². The standard InChI is InChI=1S/C20H13F5N4O/c1-11(21)9-14(12(2)22)18(30)27-13-7-8-17(26-10-13)29-16-6-4-3-5-15(16)28-19(29)20(23,24)25/h3-10H,1-2H2,(H,27,30)/b14-9+. The highest BCUT2D eigenvalue weighted by Gasteiger charge is 2.38. The normalized spacial score (nSPS) is 12.1. The zero-order valence-corrected chi connectivity index (χ0v) is 15.2. The Morgan fingerprint density at radius 1 is 1.10 bits per heavy atom. The van der Waals surface area contributed by atoms with Gasteiger partial charge < -0.3 is 5.32 Å². The number of nitrogens with one attached hydrogen (secondary N) is 1. The maximum atomic E-state index is 13.4. The van der Waals surface area contributed by atoms with Crippen LogP contribution in [0.3, 0.4) is 0 Å². The number of hydrogen-bond acceptors (Lipinski definition) is 3. The summed E-state index contributed by atoms with van der Waals surface area (Å²) in [5.41, 5.74) is -0.328. The molecule has 1 N–H and O–H groups in total. The molecule has 0 aliphatic carbocycles. The van der Waals surface area contributed by atoms with Gasteiger partial charge in [0.2, 0.25) is 5.82 Å². The zero-order valence-electron chi connectivity index (χ0n) is 15.2. The molecule has 0 aliphatic rings. The lowest BCUT2D eigenvalue weighted by molar-refractivity contribution is -0.145. The van der Waals surface area contributed by atoms with Gasteiger partial charge in [0.1, 0.15) is 17.5 Å². The summed E-state index contributed by atoms with van der Waals surface area (Å²) in [6.07, 6.45) is -3.10. The molecule has 10 heteroatoms. The summed E-state index contributed by atoms with van der Waals surface area (Å²) in [7, 11) is 0. The predicted molar refractivity (Wildman–Crippen MR) is 101 cm³/mol. The molecule has 1 amide bonds. The first kappa shape index (κ1) is 20.9. The summed E-state index contributed by atoms with van der Waals surface area (Å²) in [5.74, 6) is -4.53. The lowest BCUT2D eigenvalue weighted by atomic mass is 10.2. The van der Waals surface area contributed by atoms with Crippen molar-refractivity contribution in [3.63, 3.8) is 0 Å². The van der Waals surface area contributed by atoms with Crippen LogP contribution in [0.4, 0.5) is 27.6 Å². The van der Waals surface area contributed by atoms with Crippen LogP contribution < -0.4 is 5.32 Å². The molecule has 154 valence electrons. The molecule has 2 aromatic heterocycles. The number of rotatable bonds is 5. The fraction of sp³-hybridized carbons (Fsp3) is 0.0500. The van der Waals surface area contributed by atoms with Crippen LogP contribution in [0.1, 0.15) is 5.82 Å². The maximum Gasteiger partial charge on any atom is 0.450 e. The van der Waals surface area contributed by atoms with E-state index < -0.39 is 35.1 Å². The Hall–Kier alpha value is -3.82. The van der Waals surface area contributed by atoms with E-state index in [4.69, 9.17) is 0 Å². The van der Waals surface area contributed by atoms with Crippen LogP contribution in [0.25, 0.3) is 16.9 Å². The molecule has 2 heterocycles. The van der Waals surface area contributed by atoms with Crippen LogP contribution in [0.2, 0.25) is 0 Å². The van der Waals surface area contributed by atoms with E-state index in [1.54, 1.807) is 12.1 Å². The summed E-state index contributed by atoms with van der Waals surface area (Å²) in [5, 5.41) is 2.26. The molecule has 0 atom stereocenters. The molecule has 3 rings (SSSR count). The molecule has 3 aromatic rings. The number of imidazole rings is 1. The van der Waals surface area contributed by atoms with E-state index in [0.717, 1.165) is 10.8 Å². The Bertz CT molecular complexity index is 1180. The smallest absolute Gasteiger partial charge is 0.320 e. The second-order valence-corrected chi connectivity index (χ2v) is 6.03. The van der Waals surface area contributed by atoms with Crippen molar-refractivity contribution in [2.45, 2.75) is 6.18 Å². The third-order valence-electron chi connectivity index (χ3n) is 3.89. The number of carbonyl (C=O) groups excluding carboxylic acids is 1. The summed E-state index contributed by atoms with van der Waals surface area (Å²) >= 11 is 0. The summed E-state index contributed by atoms with van der Waals surface area (Å²) in [4.78, 5) is 19.7. The summed E-state index contributed by atoms with van der Waals surface area (Å²) in [6.45, 7) is 5.86. The van der Waals surface area contributed by atoms with E-state index in [1.807, 2.05) is 0 Å². The number of para-hydroxylation sites is 2. The fourth-order valence-corrected chi connectivity index (χ4v) is 2.66. The van der Waals surface area contributed by atoms with Crippen molar-refractivity contribution in [3.05, 3.63) is 84.9 Å². The Kier molecular flexibility index (Phi) is 5.50.